The Hall–Kier alpha value is -1.59. The van der Waals surface area contributed by atoms with Crippen molar-refractivity contribution in [2.45, 2.75) is 44.8 Å². The molecule has 126 valence electrons. The summed E-state index contributed by atoms with van der Waals surface area (Å²) in [7, 11) is 1.58. The Bertz CT molecular complexity index is 568. The highest BCUT2D eigenvalue weighted by atomic mass is 35.5. The number of hydrogen-bond donors (Lipinski definition) is 2. The van der Waals surface area contributed by atoms with Crippen LogP contribution < -0.4 is 5.32 Å². The molecule has 1 fully saturated rings. The van der Waals surface area contributed by atoms with Crippen molar-refractivity contribution in [2.75, 3.05) is 7.11 Å². The molecule has 23 heavy (non-hydrogen) atoms. The zero-order valence-corrected chi connectivity index (χ0v) is 14.1. The number of methoxy groups -OCH3 is 1. The van der Waals surface area contributed by atoms with E-state index in [4.69, 9.17) is 16.3 Å². The molecule has 0 spiro atoms. The number of rotatable bonds is 7. The third-order valence-electron chi connectivity index (χ3n) is 4.56. The first-order chi connectivity index (χ1) is 10.9. The number of benzene rings is 1. The third kappa shape index (κ3) is 4.03. The molecule has 0 heterocycles. The fourth-order valence-electron chi connectivity index (χ4n) is 3.04. The molecule has 5 nitrogen and oxygen atoms in total. The molecule has 2 atom stereocenters. The number of carbonyl (C=O) groups excluding carboxylic acids is 1. The van der Waals surface area contributed by atoms with Gasteiger partial charge in [0.1, 0.15) is 6.10 Å². The second-order valence-corrected chi connectivity index (χ2v) is 6.62. The first kappa shape index (κ1) is 17.8. The third-order valence-corrected chi connectivity index (χ3v) is 4.81. The normalized spacial score (nSPS) is 18.6. The highest BCUT2D eigenvalue weighted by Crippen LogP contribution is 2.44. The molecule has 0 radical (unpaired) electrons. The van der Waals surface area contributed by atoms with Gasteiger partial charge in [-0.2, -0.15) is 0 Å². The van der Waals surface area contributed by atoms with Crippen LogP contribution in [0.3, 0.4) is 0 Å². The van der Waals surface area contributed by atoms with Crippen molar-refractivity contribution >= 4 is 23.5 Å². The monoisotopic (exact) mass is 339 g/mol. The summed E-state index contributed by atoms with van der Waals surface area (Å²) in [6.45, 7) is 1.84. The summed E-state index contributed by atoms with van der Waals surface area (Å²) >= 11 is 5.88. The van der Waals surface area contributed by atoms with Gasteiger partial charge in [-0.25, -0.2) is 0 Å². The van der Waals surface area contributed by atoms with E-state index < -0.39 is 11.4 Å². The average Bonchev–Trinajstić information content (AvgIpc) is 2.45. The fraction of sp³-hybridized carbons (Fsp3) is 0.529. The molecular weight excluding hydrogens is 318 g/mol. The zero-order chi connectivity index (χ0) is 17.0. The van der Waals surface area contributed by atoms with Crippen molar-refractivity contribution < 1.29 is 19.4 Å². The predicted octanol–water partition coefficient (Wildman–Crippen LogP) is 3.18. The lowest BCUT2D eigenvalue weighted by Gasteiger charge is -2.37. The maximum absolute atomic E-state index is 12.2. The fourth-order valence-corrected chi connectivity index (χ4v) is 3.17. The van der Waals surface area contributed by atoms with Crippen LogP contribution in [0.25, 0.3) is 0 Å². The number of carboxylic acid groups (broad SMARTS) is 1. The Kier molecular flexibility index (Phi) is 5.65. The van der Waals surface area contributed by atoms with Crippen LogP contribution >= 0.6 is 11.6 Å². The molecule has 0 aromatic heterocycles. The minimum absolute atomic E-state index is 0.0176. The molecule has 1 aliphatic carbocycles. The largest absolute Gasteiger partial charge is 0.481 e. The van der Waals surface area contributed by atoms with Gasteiger partial charge in [0, 0.05) is 18.6 Å². The van der Waals surface area contributed by atoms with Crippen LogP contribution in [0, 0.1) is 5.41 Å². The maximum Gasteiger partial charge on any atom is 0.310 e. The molecule has 1 saturated carbocycles. The number of amides is 1. The molecule has 1 aromatic rings. The van der Waals surface area contributed by atoms with Gasteiger partial charge in [0.05, 0.1) is 11.5 Å². The summed E-state index contributed by atoms with van der Waals surface area (Å²) in [6.07, 6.45) is 1.69. The van der Waals surface area contributed by atoms with Gasteiger partial charge < -0.3 is 15.2 Å². The molecule has 1 amide bonds. The zero-order valence-electron chi connectivity index (χ0n) is 13.3. The van der Waals surface area contributed by atoms with E-state index in [-0.39, 0.29) is 24.5 Å². The van der Waals surface area contributed by atoms with E-state index in [1.54, 1.807) is 19.2 Å². The van der Waals surface area contributed by atoms with Crippen LogP contribution in [0.1, 0.15) is 44.3 Å². The van der Waals surface area contributed by atoms with Gasteiger partial charge >= 0.3 is 5.97 Å². The molecule has 2 rings (SSSR count). The van der Waals surface area contributed by atoms with Gasteiger partial charge in [-0.15, -0.1) is 0 Å². The highest BCUT2D eigenvalue weighted by Gasteiger charge is 2.46. The van der Waals surface area contributed by atoms with E-state index in [2.05, 4.69) is 5.32 Å². The lowest BCUT2D eigenvalue weighted by Crippen LogP contribution is -2.45. The van der Waals surface area contributed by atoms with Crippen molar-refractivity contribution in [1.82, 2.24) is 5.32 Å². The van der Waals surface area contributed by atoms with Gasteiger partial charge in [-0.05, 0) is 37.5 Å². The van der Waals surface area contributed by atoms with E-state index in [1.165, 1.54) is 0 Å². The van der Waals surface area contributed by atoms with Crippen LogP contribution in [0.2, 0.25) is 5.02 Å². The lowest BCUT2D eigenvalue weighted by molar-refractivity contribution is -0.157. The Morgan fingerprint density at radius 3 is 2.39 bits per heavy atom. The second kappa shape index (κ2) is 7.32. The van der Waals surface area contributed by atoms with Crippen molar-refractivity contribution in [1.29, 1.82) is 0 Å². The number of ether oxygens (including phenoxy) is 1. The van der Waals surface area contributed by atoms with E-state index in [9.17, 15) is 14.7 Å². The van der Waals surface area contributed by atoms with Crippen molar-refractivity contribution in [3.8, 4) is 0 Å². The molecule has 2 N–H and O–H groups in total. The summed E-state index contributed by atoms with van der Waals surface area (Å²) in [5, 5.41) is 12.8. The number of halogens is 1. The number of carbonyl (C=O) groups is 2. The molecule has 1 aliphatic rings. The molecule has 0 saturated heterocycles. The Labute approximate surface area is 141 Å². The first-order valence-electron chi connectivity index (χ1n) is 7.69. The predicted molar refractivity (Wildman–Crippen MR) is 87.3 cm³/mol. The quantitative estimate of drug-likeness (QED) is 0.800. The van der Waals surface area contributed by atoms with E-state index >= 15 is 0 Å². The van der Waals surface area contributed by atoms with Crippen molar-refractivity contribution in [3.63, 3.8) is 0 Å². The van der Waals surface area contributed by atoms with Crippen LogP contribution in [0.4, 0.5) is 0 Å². The molecule has 0 bridgehead atoms. The molecule has 1 aromatic carbocycles. The minimum Gasteiger partial charge on any atom is -0.481 e. The van der Waals surface area contributed by atoms with Crippen LogP contribution in [0.5, 0.6) is 0 Å². The Balaban J connectivity index is 1.98. The summed E-state index contributed by atoms with van der Waals surface area (Å²) in [5.74, 6) is -1.14. The number of hydrogen-bond acceptors (Lipinski definition) is 3. The number of carboxylic acids is 1. The number of nitrogens with one attached hydrogen (secondary N) is 1. The molecule has 6 heteroatoms. The minimum atomic E-state index is -0.882. The van der Waals surface area contributed by atoms with Crippen LogP contribution in [0.15, 0.2) is 24.3 Å². The summed E-state index contributed by atoms with van der Waals surface area (Å²) in [6, 6.07) is 6.96. The van der Waals surface area contributed by atoms with Crippen LogP contribution in [-0.4, -0.2) is 30.1 Å². The highest BCUT2D eigenvalue weighted by molar-refractivity contribution is 6.30. The maximum atomic E-state index is 12.2. The van der Waals surface area contributed by atoms with E-state index in [0.717, 1.165) is 12.0 Å². The smallest absolute Gasteiger partial charge is 0.310 e. The van der Waals surface area contributed by atoms with Gasteiger partial charge in [0.15, 0.2) is 0 Å². The molecule has 2 unspecified atom stereocenters. The number of aliphatic carboxylic acids is 1. The lowest BCUT2D eigenvalue weighted by atomic mass is 9.66. The van der Waals surface area contributed by atoms with Crippen molar-refractivity contribution in [3.05, 3.63) is 34.9 Å². The second-order valence-electron chi connectivity index (χ2n) is 6.18. The molecule has 0 aliphatic heterocycles. The van der Waals surface area contributed by atoms with Gasteiger partial charge in [0.2, 0.25) is 5.91 Å². The van der Waals surface area contributed by atoms with Gasteiger partial charge in [-0.3, -0.25) is 9.59 Å². The van der Waals surface area contributed by atoms with Gasteiger partial charge in [0.25, 0.3) is 0 Å². The first-order valence-corrected chi connectivity index (χ1v) is 8.07. The summed E-state index contributed by atoms with van der Waals surface area (Å²) < 4.78 is 5.48. The Morgan fingerprint density at radius 2 is 1.96 bits per heavy atom. The van der Waals surface area contributed by atoms with Gasteiger partial charge in [-0.1, -0.05) is 30.2 Å². The SMILES string of the molecule is COC(c1ccc(Cl)cc1)C(C)NC(=O)CC1(C(=O)O)CCC1. The van der Waals surface area contributed by atoms with E-state index in [1.807, 2.05) is 19.1 Å². The standard InChI is InChI=1S/C17H22ClNO4/c1-11(15(23-2)12-4-6-13(18)7-5-12)19-14(20)10-17(16(21)22)8-3-9-17/h4-7,11,15H,3,8-10H2,1-2H3,(H,19,20)(H,21,22). The van der Waals surface area contributed by atoms with Crippen molar-refractivity contribution in [2.24, 2.45) is 5.41 Å². The summed E-state index contributed by atoms with van der Waals surface area (Å²) in [4.78, 5) is 23.6. The topological polar surface area (TPSA) is 75.6 Å². The van der Waals surface area contributed by atoms with E-state index in [0.29, 0.717) is 17.9 Å². The Morgan fingerprint density at radius 1 is 1.35 bits per heavy atom. The van der Waals surface area contributed by atoms with Crippen LogP contribution in [-0.2, 0) is 14.3 Å². The molecular formula is C17H22ClNO4. The summed E-state index contributed by atoms with van der Waals surface area (Å²) in [5.41, 5.74) is 0.0217. The average molecular weight is 340 g/mol.